The first-order valence-electron chi connectivity index (χ1n) is 4.25. The molecule has 0 aliphatic carbocycles. The lowest BCUT2D eigenvalue weighted by atomic mass is 10.1. The van der Waals surface area contributed by atoms with E-state index in [0.29, 0.717) is 10.0 Å². The van der Waals surface area contributed by atoms with Crippen LogP contribution in [0, 0.1) is 0 Å². The van der Waals surface area contributed by atoms with Crippen LogP contribution >= 0.6 is 32.9 Å². The number of carbonyl (C=O) groups is 1. The second-order valence-electron chi connectivity index (χ2n) is 3.14. The monoisotopic (exact) mass is 333 g/mol. The van der Waals surface area contributed by atoms with Gasteiger partial charge in [0.1, 0.15) is 0 Å². The van der Waals surface area contributed by atoms with Gasteiger partial charge < -0.3 is 4.90 Å². The van der Waals surface area contributed by atoms with Crippen LogP contribution in [0.25, 0.3) is 0 Å². The maximum absolute atomic E-state index is 11.7. The number of ketones is 1. The first-order valence-corrected chi connectivity index (χ1v) is 5.04. The van der Waals surface area contributed by atoms with Gasteiger partial charge in [-0.1, -0.05) is 30.3 Å². The Morgan fingerprint density at radius 3 is 2.27 bits per heavy atom. The third kappa shape index (κ3) is 4.62. The van der Waals surface area contributed by atoms with Gasteiger partial charge in [-0.05, 0) is 15.9 Å². The van der Waals surface area contributed by atoms with Gasteiger partial charge in [0, 0.05) is 25.9 Å². The van der Waals surface area contributed by atoms with E-state index < -0.39 is 0 Å². The molecule has 0 unspecified atom stereocenters. The largest absolute Gasteiger partial charge is 0.382 e. The molecule has 15 heavy (non-hydrogen) atoms. The number of nitrogens with zero attached hydrogens (tertiary/aromatic N) is 1. The van der Waals surface area contributed by atoms with Crippen molar-refractivity contribution in [3.63, 3.8) is 0 Å². The lowest BCUT2D eigenvalue weighted by Crippen LogP contribution is -2.06. The summed E-state index contributed by atoms with van der Waals surface area (Å²) in [6.07, 6.45) is 1.75. The van der Waals surface area contributed by atoms with Crippen LogP contribution in [0.5, 0.6) is 0 Å². The number of halogens is 2. The van der Waals surface area contributed by atoms with E-state index in [0.717, 1.165) is 0 Å². The maximum Gasteiger partial charge on any atom is 0.201 e. The molecule has 0 amide bonds. The minimum atomic E-state index is -0.000648. The van der Waals surface area contributed by atoms with Gasteiger partial charge in [-0.25, -0.2) is 0 Å². The Bertz CT molecular complexity index is 347. The quantitative estimate of drug-likeness (QED) is 0.624. The van der Waals surface area contributed by atoms with E-state index in [1.807, 2.05) is 37.2 Å². The Morgan fingerprint density at radius 1 is 1.27 bits per heavy atom. The van der Waals surface area contributed by atoms with Crippen LogP contribution < -0.4 is 0 Å². The fourth-order valence-electron chi connectivity index (χ4n) is 1.01. The van der Waals surface area contributed by atoms with Gasteiger partial charge >= 0.3 is 0 Å². The molecule has 0 radical (unpaired) electrons. The fourth-order valence-corrected chi connectivity index (χ4v) is 1.65. The number of rotatable bonds is 3. The predicted molar refractivity (Wildman–Crippen MR) is 71.8 cm³/mol. The molecule has 1 rings (SSSR count). The predicted octanol–water partition coefficient (Wildman–Crippen LogP) is 3.25. The van der Waals surface area contributed by atoms with Crippen LogP contribution in [0.1, 0.15) is 10.4 Å². The number of hydrogen-bond donors (Lipinski definition) is 0. The number of Topliss-reactive ketones (excluding diaryl/α,β-unsaturated/α-hetero) is 1. The lowest BCUT2D eigenvalue weighted by molar-refractivity contribution is 0.104. The number of benzene rings is 1. The van der Waals surface area contributed by atoms with Gasteiger partial charge in [-0.2, -0.15) is 0 Å². The lowest BCUT2D eigenvalue weighted by Gasteiger charge is -2.06. The molecule has 0 fully saturated rings. The van der Waals surface area contributed by atoms with Crippen molar-refractivity contribution in [1.29, 1.82) is 0 Å². The SMILES string of the molecule is Br.CN(C)C=C(Br)C(=O)c1ccccc1. The van der Waals surface area contributed by atoms with E-state index in [9.17, 15) is 4.79 Å². The summed E-state index contributed by atoms with van der Waals surface area (Å²) in [6, 6.07) is 9.19. The summed E-state index contributed by atoms with van der Waals surface area (Å²) in [5.74, 6) is -0.000648. The van der Waals surface area contributed by atoms with Crippen molar-refractivity contribution in [2.45, 2.75) is 0 Å². The minimum absolute atomic E-state index is 0. The standard InChI is InChI=1S/C11H12BrNO.BrH/c1-13(2)8-10(12)11(14)9-6-4-3-5-7-9;/h3-8H,1-2H3;1H. The van der Waals surface area contributed by atoms with Gasteiger partial charge in [0.05, 0.1) is 4.48 Å². The zero-order valence-electron chi connectivity index (χ0n) is 8.61. The maximum atomic E-state index is 11.7. The minimum Gasteiger partial charge on any atom is -0.382 e. The van der Waals surface area contributed by atoms with E-state index in [1.54, 1.807) is 18.3 Å². The molecular weight excluding hydrogens is 322 g/mol. The zero-order chi connectivity index (χ0) is 10.6. The summed E-state index contributed by atoms with van der Waals surface area (Å²) < 4.78 is 0.564. The average Bonchev–Trinajstić information content (AvgIpc) is 2.17. The van der Waals surface area contributed by atoms with Crippen molar-refractivity contribution >= 4 is 38.7 Å². The Labute approximate surface area is 109 Å². The first-order chi connectivity index (χ1) is 6.61. The molecule has 0 aliphatic heterocycles. The molecule has 0 bridgehead atoms. The highest BCUT2D eigenvalue weighted by atomic mass is 79.9. The van der Waals surface area contributed by atoms with Gasteiger partial charge in [-0.15, -0.1) is 17.0 Å². The molecule has 1 aromatic carbocycles. The Kier molecular flexibility index (Phi) is 6.52. The molecule has 0 heterocycles. The van der Waals surface area contributed by atoms with E-state index >= 15 is 0 Å². The van der Waals surface area contributed by atoms with Gasteiger partial charge in [0.2, 0.25) is 5.78 Å². The smallest absolute Gasteiger partial charge is 0.201 e. The van der Waals surface area contributed by atoms with Crippen molar-refractivity contribution in [2.75, 3.05) is 14.1 Å². The van der Waals surface area contributed by atoms with E-state index in [4.69, 9.17) is 0 Å². The van der Waals surface area contributed by atoms with Crippen LogP contribution in [-0.4, -0.2) is 24.8 Å². The van der Waals surface area contributed by atoms with Crippen molar-refractivity contribution in [1.82, 2.24) is 4.90 Å². The molecule has 0 saturated carbocycles. The Morgan fingerprint density at radius 2 is 1.80 bits per heavy atom. The van der Waals surface area contributed by atoms with Crippen molar-refractivity contribution < 1.29 is 4.79 Å². The summed E-state index contributed by atoms with van der Waals surface area (Å²) in [5, 5.41) is 0. The molecular formula is C11H13Br2NO. The molecule has 0 spiro atoms. The topological polar surface area (TPSA) is 20.3 Å². The summed E-state index contributed by atoms with van der Waals surface area (Å²) in [5.41, 5.74) is 0.692. The Balaban J connectivity index is 0.00000196. The van der Waals surface area contributed by atoms with Crippen LogP contribution in [0.3, 0.4) is 0 Å². The van der Waals surface area contributed by atoms with Crippen LogP contribution in [0.4, 0.5) is 0 Å². The van der Waals surface area contributed by atoms with E-state index in [1.165, 1.54) is 0 Å². The summed E-state index contributed by atoms with van der Waals surface area (Å²) in [6.45, 7) is 0. The van der Waals surface area contributed by atoms with E-state index in [-0.39, 0.29) is 22.8 Å². The highest BCUT2D eigenvalue weighted by molar-refractivity contribution is 9.12. The van der Waals surface area contributed by atoms with Crippen LogP contribution in [0.2, 0.25) is 0 Å². The van der Waals surface area contributed by atoms with Crippen LogP contribution in [-0.2, 0) is 0 Å². The summed E-state index contributed by atoms with van der Waals surface area (Å²) in [4.78, 5) is 13.6. The van der Waals surface area contributed by atoms with Crippen molar-refractivity contribution in [3.05, 3.63) is 46.6 Å². The number of hydrogen-bond acceptors (Lipinski definition) is 2. The molecule has 0 aliphatic rings. The summed E-state index contributed by atoms with van der Waals surface area (Å²) >= 11 is 3.25. The second-order valence-corrected chi connectivity index (χ2v) is 3.99. The zero-order valence-corrected chi connectivity index (χ0v) is 11.9. The van der Waals surface area contributed by atoms with E-state index in [2.05, 4.69) is 15.9 Å². The average molecular weight is 335 g/mol. The summed E-state index contributed by atoms with van der Waals surface area (Å²) in [7, 11) is 3.75. The highest BCUT2D eigenvalue weighted by Crippen LogP contribution is 2.13. The molecule has 0 atom stereocenters. The molecule has 0 aromatic heterocycles. The van der Waals surface area contributed by atoms with Gasteiger partial charge in [0.25, 0.3) is 0 Å². The third-order valence-corrected chi connectivity index (χ3v) is 2.19. The van der Waals surface area contributed by atoms with Crippen molar-refractivity contribution in [2.24, 2.45) is 0 Å². The number of allylic oxidation sites excluding steroid dienone is 1. The third-order valence-electron chi connectivity index (χ3n) is 1.62. The molecule has 1 aromatic rings. The second kappa shape index (κ2) is 6.80. The van der Waals surface area contributed by atoms with Gasteiger partial charge in [-0.3, -0.25) is 4.79 Å². The molecule has 82 valence electrons. The van der Waals surface area contributed by atoms with Crippen LogP contribution in [0.15, 0.2) is 41.0 Å². The van der Waals surface area contributed by atoms with Crippen molar-refractivity contribution in [3.8, 4) is 0 Å². The molecule has 2 nitrogen and oxygen atoms in total. The number of carbonyl (C=O) groups excluding carboxylic acids is 1. The molecule has 0 N–H and O–H groups in total. The first kappa shape index (κ1) is 14.4. The molecule has 4 heteroatoms. The normalized spacial score (nSPS) is 10.5. The Hall–Kier alpha value is -0.610. The molecule has 0 saturated heterocycles. The highest BCUT2D eigenvalue weighted by Gasteiger charge is 2.08. The fraction of sp³-hybridized carbons (Fsp3) is 0.182. The van der Waals surface area contributed by atoms with Gasteiger partial charge in [0.15, 0.2) is 0 Å².